The number of nitrogens with one attached hydrogen (secondary N) is 3. The molecule has 0 fully saturated rings. The van der Waals surface area contributed by atoms with Crippen molar-refractivity contribution in [3.8, 4) is 5.75 Å². The van der Waals surface area contributed by atoms with Gasteiger partial charge in [0.25, 0.3) is 5.69 Å². The fraction of sp³-hybridized carbons (Fsp3) is 0.192. The lowest BCUT2D eigenvalue weighted by Gasteiger charge is -2.19. The smallest absolute Gasteiger partial charge is 0.292 e. The molecule has 0 bridgehead atoms. The fourth-order valence-corrected chi connectivity index (χ4v) is 4.02. The number of nitrogens with zero attached hydrogens (tertiary/aromatic N) is 1. The molecule has 0 spiro atoms. The van der Waals surface area contributed by atoms with Gasteiger partial charge >= 0.3 is 0 Å². The molecule has 1 amide bonds. The van der Waals surface area contributed by atoms with Crippen molar-refractivity contribution >= 4 is 28.2 Å². The second kappa shape index (κ2) is 10.5. The van der Waals surface area contributed by atoms with Crippen molar-refractivity contribution < 1.29 is 14.5 Å². The highest BCUT2D eigenvalue weighted by Crippen LogP contribution is 2.31. The Hall–Kier alpha value is -4.33. The number of aromatic amines is 1. The first-order valence-corrected chi connectivity index (χ1v) is 11.0. The zero-order chi connectivity index (χ0) is 23.9. The predicted molar refractivity (Wildman–Crippen MR) is 132 cm³/mol. The van der Waals surface area contributed by atoms with E-state index in [4.69, 9.17) is 4.74 Å². The van der Waals surface area contributed by atoms with Crippen molar-refractivity contribution in [2.24, 2.45) is 0 Å². The summed E-state index contributed by atoms with van der Waals surface area (Å²) in [6.07, 6.45) is 2.18. The quantitative estimate of drug-likeness (QED) is 0.233. The largest absolute Gasteiger partial charge is 0.497 e. The molecule has 3 aromatic carbocycles. The van der Waals surface area contributed by atoms with Crippen molar-refractivity contribution in [2.45, 2.75) is 12.3 Å². The molecule has 8 nitrogen and oxygen atoms in total. The maximum atomic E-state index is 12.6. The van der Waals surface area contributed by atoms with Gasteiger partial charge < -0.3 is 20.4 Å². The van der Waals surface area contributed by atoms with Crippen LogP contribution in [0, 0.1) is 10.1 Å². The van der Waals surface area contributed by atoms with E-state index in [2.05, 4.69) is 21.7 Å². The van der Waals surface area contributed by atoms with Gasteiger partial charge in [0.05, 0.1) is 12.0 Å². The normalized spacial score (nSPS) is 11.7. The molecule has 1 atom stereocenters. The summed E-state index contributed by atoms with van der Waals surface area (Å²) in [6.45, 7) is 0.704. The van der Waals surface area contributed by atoms with Crippen molar-refractivity contribution in [1.82, 2.24) is 10.3 Å². The molecule has 1 heterocycles. The van der Waals surface area contributed by atoms with Gasteiger partial charge in [-0.3, -0.25) is 14.9 Å². The first-order valence-electron chi connectivity index (χ1n) is 11.0. The monoisotopic (exact) mass is 458 g/mol. The summed E-state index contributed by atoms with van der Waals surface area (Å²) < 4.78 is 5.29. The number of hydrogen-bond donors (Lipinski definition) is 3. The van der Waals surface area contributed by atoms with E-state index in [1.54, 1.807) is 25.3 Å². The molecule has 0 radical (unpaired) electrons. The van der Waals surface area contributed by atoms with Gasteiger partial charge in [0.1, 0.15) is 11.4 Å². The first-order chi connectivity index (χ1) is 16.6. The second-order valence-electron chi connectivity index (χ2n) is 7.87. The molecule has 0 aliphatic heterocycles. The molecule has 0 saturated heterocycles. The summed E-state index contributed by atoms with van der Waals surface area (Å²) in [6, 6.07) is 22.3. The minimum Gasteiger partial charge on any atom is -0.497 e. The zero-order valence-corrected chi connectivity index (χ0v) is 18.8. The number of hydrogen-bond acceptors (Lipinski definition) is 5. The van der Waals surface area contributed by atoms with Crippen LogP contribution in [0.25, 0.3) is 10.9 Å². The average molecular weight is 459 g/mol. The fourth-order valence-electron chi connectivity index (χ4n) is 4.02. The molecule has 4 aromatic rings. The maximum Gasteiger partial charge on any atom is 0.292 e. The van der Waals surface area contributed by atoms with E-state index in [0.29, 0.717) is 12.2 Å². The van der Waals surface area contributed by atoms with Crippen LogP contribution in [0.5, 0.6) is 5.75 Å². The van der Waals surface area contributed by atoms with Gasteiger partial charge in [0.15, 0.2) is 0 Å². The molecule has 0 aliphatic rings. The van der Waals surface area contributed by atoms with Gasteiger partial charge in [0, 0.05) is 48.6 Å². The van der Waals surface area contributed by atoms with Crippen LogP contribution in [0.1, 0.15) is 23.5 Å². The number of H-pyrrole nitrogens is 1. The van der Waals surface area contributed by atoms with E-state index < -0.39 is 4.92 Å². The van der Waals surface area contributed by atoms with Crippen LogP contribution in [-0.2, 0) is 4.79 Å². The molecule has 0 aliphatic carbocycles. The molecule has 174 valence electrons. The van der Waals surface area contributed by atoms with Gasteiger partial charge in [-0.2, -0.15) is 0 Å². The highest BCUT2D eigenvalue weighted by molar-refractivity contribution is 5.84. The van der Waals surface area contributed by atoms with Crippen molar-refractivity contribution in [3.05, 3.63) is 100 Å². The van der Waals surface area contributed by atoms with Crippen LogP contribution >= 0.6 is 0 Å². The van der Waals surface area contributed by atoms with Gasteiger partial charge in [-0.1, -0.05) is 42.5 Å². The summed E-state index contributed by atoms with van der Waals surface area (Å²) in [5.74, 6) is 0.574. The number of fused-ring (bicyclic) bond motifs is 1. The van der Waals surface area contributed by atoms with E-state index in [1.165, 1.54) is 6.07 Å². The number of methoxy groups -OCH3 is 1. The summed E-state index contributed by atoms with van der Waals surface area (Å²) in [4.78, 5) is 26.6. The van der Waals surface area contributed by atoms with E-state index >= 15 is 0 Å². The standard InChI is InChI=1S/C26H26N4O4/c1-34-19-12-10-18(11-13-19)21(22-17-28-23-7-3-2-6-20(22)23)16-29-26(31)14-15-27-24-8-4-5-9-25(24)30(32)33/h2-13,17,21,27-28H,14-16H2,1H3,(H,29,31). The molecule has 34 heavy (non-hydrogen) atoms. The number of rotatable bonds is 10. The number of anilines is 1. The Morgan fingerprint density at radius 2 is 1.79 bits per heavy atom. The zero-order valence-electron chi connectivity index (χ0n) is 18.8. The van der Waals surface area contributed by atoms with E-state index in [0.717, 1.165) is 27.8 Å². The van der Waals surface area contributed by atoms with Crippen molar-refractivity contribution in [1.29, 1.82) is 0 Å². The Balaban J connectivity index is 1.44. The number of ether oxygens (including phenoxy) is 1. The number of aromatic nitrogens is 1. The molecule has 0 saturated carbocycles. The van der Waals surface area contributed by atoms with Gasteiger partial charge in [-0.25, -0.2) is 0 Å². The summed E-state index contributed by atoms with van der Waals surface area (Å²) in [5.41, 5.74) is 3.58. The molecule has 8 heteroatoms. The Bertz CT molecular complexity index is 1280. The van der Waals surface area contributed by atoms with E-state index in [1.807, 2.05) is 48.7 Å². The molecule has 4 rings (SSSR count). The second-order valence-corrected chi connectivity index (χ2v) is 7.87. The SMILES string of the molecule is COc1ccc(C(CNC(=O)CCNc2ccccc2[N+](=O)[O-])c2c[nH]c3ccccc23)cc1. The van der Waals surface area contributed by atoms with Crippen molar-refractivity contribution in [2.75, 3.05) is 25.5 Å². The van der Waals surface area contributed by atoms with E-state index in [9.17, 15) is 14.9 Å². The first kappa shape index (κ1) is 22.8. The van der Waals surface area contributed by atoms with Crippen LogP contribution < -0.4 is 15.4 Å². The Morgan fingerprint density at radius 3 is 2.56 bits per heavy atom. The number of nitro groups is 1. The molecular weight excluding hydrogens is 432 g/mol. The molecule has 1 aromatic heterocycles. The van der Waals surface area contributed by atoms with Crippen LogP contribution in [0.4, 0.5) is 11.4 Å². The third-order valence-corrected chi connectivity index (χ3v) is 5.79. The Morgan fingerprint density at radius 1 is 1.06 bits per heavy atom. The lowest BCUT2D eigenvalue weighted by Crippen LogP contribution is -2.30. The summed E-state index contributed by atoms with van der Waals surface area (Å²) in [5, 5.41) is 18.3. The highest BCUT2D eigenvalue weighted by Gasteiger charge is 2.19. The highest BCUT2D eigenvalue weighted by atomic mass is 16.6. The number of amides is 1. The van der Waals surface area contributed by atoms with Crippen LogP contribution in [-0.4, -0.2) is 36.0 Å². The topological polar surface area (TPSA) is 109 Å². The number of nitro benzene ring substituents is 1. The lowest BCUT2D eigenvalue weighted by molar-refractivity contribution is -0.384. The number of para-hydroxylation sites is 3. The third-order valence-electron chi connectivity index (χ3n) is 5.79. The Labute approximate surface area is 197 Å². The molecule has 3 N–H and O–H groups in total. The third kappa shape index (κ3) is 5.17. The maximum absolute atomic E-state index is 12.6. The summed E-state index contributed by atoms with van der Waals surface area (Å²) >= 11 is 0. The number of benzene rings is 3. The van der Waals surface area contributed by atoms with Crippen LogP contribution in [0.2, 0.25) is 0 Å². The number of carbonyl (C=O) groups excluding carboxylic acids is 1. The predicted octanol–water partition coefficient (Wildman–Crippen LogP) is 4.84. The van der Waals surface area contributed by atoms with Gasteiger partial charge in [-0.05, 0) is 35.4 Å². The number of carbonyl (C=O) groups is 1. The van der Waals surface area contributed by atoms with Crippen LogP contribution in [0.3, 0.4) is 0 Å². The van der Waals surface area contributed by atoms with Crippen LogP contribution in [0.15, 0.2) is 79.0 Å². The van der Waals surface area contributed by atoms with Crippen molar-refractivity contribution in [3.63, 3.8) is 0 Å². The van der Waals surface area contributed by atoms with Gasteiger partial charge in [0.2, 0.25) is 5.91 Å². The Kier molecular flexibility index (Phi) is 7.07. The lowest BCUT2D eigenvalue weighted by atomic mass is 9.90. The minimum atomic E-state index is -0.441. The average Bonchev–Trinajstić information content (AvgIpc) is 3.29. The van der Waals surface area contributed by atoms with E-state index in [-0.39, 0.29) is 30.5 Å². The minimum absolute atomic E-state index is 0.0122. The summed E-state index contributed by atoms with van der Waals surface area (Å²) in [7, 11) is 1.63. The molecule has 1 unspecified atom stereocenters. The molecular formula is C26H26N4O4. The van der Waals surface area contributed by atoms with Gasteiger partial charge in [-0.15, -0.1) is 0 Å².